The molecule has 7 heteroatoms. The van der Waals surface area contributed by atoms with E-state index in [4.69, 9.17) is 4.74 Å². The van der Waals surface area contributed by atoms with Gasteiger partial charge in [-0.3, -0.25) is 19.2 Å². The summed E-state index contributed by atoms with van der Waals surface area (Å²) in [4.78, 5) is 52.0. The Labute approximate surface area is 167 Å². The van der Waals surface area contributed by atoms with Gasteiger partial charge in [0.05, 0.1) is 17.0 Å². The molecular weight excluding hydrogens is 372 g/mol. The Morgan fingerprint density at radius 2 is 1.66 bits per heavy atom. The SMILES string of the molecule is Cc1ccc(N2C[C@@H](C(=O)OCN3C(=O)c4ccccc4C3=O)CC2=O)cc1C. The highest BCUT2D eigenvalue weighted by atomic mass is 16.5. The van der Waals surface area contributed by atoms with Crippen molar-refractivity contribution >= 4 is 29.4 Å². The lowest BCUT2D eigenvalue weighted by Crippen LogP contribution is -2.35. The van der Waals surface area contributed by atoms with E-state index in [1.165, 1.54) is 0 Å². The van der Waals surface area contributed by atoms with Crippen LogP contribution < -0.4 is 4.90 Å². The summed E-state index contributed by atoms with van der Waals surface area (Å²) in [6, 6.07) is 12.2. The van der Waals surface area contributed by atoms with Crippen molar-refractivity contribution in [2.75, 3.05) is 18.2 Å². The van der Waals surface area contributed by atoms with Crippen molar-refractivity contribution in [3.05, 3.63) is 64.7 Å². The molecule has 0 N–H and O–H groups in total. The summed E-state index contributed by atoms with van der Waals surface area (Å²) >= 11 is 0. The Hall–Kier alpha value is -3.48. The number of rotatable bonds is 4. The van der Waals surface area contributed by atoms with Crippen molar-refractivity contribution in [2.24, 2.45) is 5.92 Å². The summed E-state index contributed by atoms with van der Waals surface area (Å²) in [5, 5.41) is 0. The van der Waals surface area contributed by atoms with Crippen molar-refractivity contribution in [3.8, 4) is 0 Å². The Bertz CT molecular complexity index is 1010. The second-order valence-corrected chi connectivity index (χ2v) is 7.35. The topological polar surface area (TPSA) is 84.0 Å². The monoisotopic (exact) mass is 392 g/mol. The first-order chi connectivity index (χ1) is 13.9. The highest BCUT2D eigenvalue weighted by Gasteiger charge is 2.39. The fourth-order valence-electron chi connectivity index (χ4n) is 3.61. The Morgan fingerprint density at radius 1 is 1.00 bits per heavy atom. The van der Waals surface area contributed by atoms with E-state index in [9.17, 15) is 19.2 Å². The minimum absolute atomic E-state index is 0.0356. The molecule has 3 amide bonds. The molecule has 2 aromatic rings. The van der Waals surface area contributed by atoms with E-state index in [2.05, 4.69) is 0 Å². The van der Waals surface area contributed by atoms with E-state index in [0.717, 1.165) is 21.7 Å². The third kappa shape index (κ3) is 3.29. The van der Waals surface area contributed by atoms with Gasteiger partial charge in [-0.25, -0.2) is 4.90 Å². The maximum Gasteiger partial charge on any atom is 0.313 e. The molecule has 2 aliphatic rings. The Kier molecular flexibility index (Phi) is 4.66. The maximum absolute atomic E-state index is 12.5. The number of fused-ring (bicyclic) bond motifs is 1. The Balaban J connectivity index is 1.40. The van der Waals surface area contributed by atoms with E-state index >= 15 is 0 Å². The molecule has 2 aliphatic heterocycles. The number of imide groups is 1. The van der Waals surface area contributed by atoms with Gasteiger partial charge in [0.25, 0.3) is 11.8 Å². The standard InChI is InChI=1S/C22H20N2O5/c1-13-7-8-16(9-14(13)2)23-11-15(10-19(23)25)22(28)29-12-24-20(26)17-5-3-4-6-18(17)21(24)27/h3-9,15H,10-12H2,1-2H3/t15-/m0/s1. The van der Waals surface area contributed by atoms with Crippen molar-refractivity contribution in [1.29, 1.82) is 0 Å². The van der Waals surface area contributed by atoms with Crippen LogP contribution >= 0.6 is 0 Å². The third-order valence-corrected chi connectivity index (χ3v) is 5.47. The number of aryl methyl sites for hydroxylation is 2. The zero-order chi connectivity index (χ0) is 20.7. The van der Waals surface area contributed by atoms with Crippen LogP contribution in [0.25, 0.3) is 0 Å². The number of benzene rings is 2. The summed E-state index contributed by atoms with van der Waals surface area (Å²) in [5.74, 6) is -2.37. The highest BCUT2D eigenvalue weighted by Crippen LogP contribution is 2.28. The van der Waals surface area contributed by atoms with E-state index in [1.807, 2.05) is 32.0 Å². The van der Waals surface area contributed by atoms with Crippen molar-refractivity contribution in [1.82, 2.24) is 4.90 Å². The van der Waals surface area contributed by atoms with E-state index in [-0.39, 0.29) is 18.9 Å². The molecule has 1 atom stereocenters. The van der Waals surface area contributed by atoms with Crippen LogP contribution in [0.15, 0.2) is 42.5 Å². The first kappa shape index (κ1) is 18.9. The van der Waals surface area contributed by atoms with Crippen LogP contribution in [0.3, 0.4) is 0 Å². The fraction of sp³-hybridized carbons (Fsp3) is 0.273. The number of carbonyl (C=O) groups excluding carboxylic acids is 4. The van der Waals surface area contributed by atoms with Gasteiger partial charge >= 0.3 is 5.97 Å². The summed E-state index contributed by atoms with van der Waals surface area (Å²) < 4.78 is 5.22. The molecule has 0 spiro atoms. The van der Waals surface area contributed by atoms with Gasteiger partial charge in [0.15, 0.2) is 6.73 Å². The fourth-order valence-corrected chi connectivity index (χ4v) is 3.61. The number of hydrogen-bond donors (Lipinski definition) is 0. The second kappa shape index (κ2) is 7.16. The molecule has 7 nitrogen and oxygen atoms in total. The molecule has 0 unspecified atom stereocenters. The van der Waals surface area contributed by atoms with Crippen LogP contribution in [-0.4, -0.2) is 41.9 Å². The molecule has 2 heterocycles. The molecule has 0 saturated carbocycles. The molecule has 1 saturated heterocycles. The van der Waals surface area contributed by atoms with Gasteiger partial charge < -0.3 is 9.64 Å². The number of amides is 3. The van der Waals surface area contributed by atoms with E-state index in [0.29, 0.717) is 11.1 Å². The number of nitrogens with zero attached hydrogens (tertiary/aromatic N) is 2. The van der Waals surface area contributed by atoms with Crippen molar-refractivity contribution < 1.29 is 23.9 Å². The summed E-state index contributed by atoms with van der Waals surface area (Å²) in [6.45, 7) is 3.71. The molecule has 0 aliphatic carbocycles. The van der Waals surface area contributed by atoms with Crippen molar-refractivity contribution in [3.63, 3.8) is 0 Å². The van der Waals surface area contributed by atoms with Gasteiger partial charge in [-0.15, -0.1) is 0 Å². The average Bonchev–Trinajstić information content (AvgIpc) is 3.21. The van der Waals surface area contributed by atoms with Gasteiger partial charge in [0, 0.05) is 18.7 Å². The zero-order valence-corrected chi connectivity index (χ0v) is 16.2. The molecule has 2 aromatic carbocycles. The minimum Gasteiger partial charge on any atom is -0.443 e. The van der Waals surface area contributed by atoms with Crippen LogP contribution in [0.2, 0.25) is 0 Å². The average molecular weight is 392 g/mol. The Morgan fingerprint density at radius 3 is 2.28 bits per heavy atom. The quantitative estimate of drug-likeness (QED) is 0.590. The lowest BCUT2D eigenvalue weighted by Gasteiger charge is -2.18. The summed E-state index contributed by atoms with van der Waals surface area (Å²) in [6.07, 6.45) is 0.0356. The molecule has 148 valence electrons. The lowest BCUT2D eigenvalue weighted by molar-refractivity contribution is -0.151. The molecule has 0 bridgehead atoms. The largest absolute Gasteiger partial charge is 0.443 e. The second-order valence-electron chi connectivity index (χ2n) is 7.35. The first-order valence-electron chi connectivity index (χ1n) is 9.36. The first-order valence-corrected chi connectivity index (χ1v) is 9.36. The van der Waals surface area contributed by atoms with Crippen LogP contribution in [-0.2, 0) is 14.3 Å². The van der Waals surface area contributed by atoms with E-state index in [1.54, 1.807) is 29.2 Å². The predicted octanol–water partition coefficient (Wildman–Crippen LogP) is 2.45. The third-order valence-electron chi connectivity index (χ3n) is 5.47. The smallest absolute Gasteiger partial charge is 0.313 e. The number of hydrogen-bond acceptors (Lipinski definition) is 5. The maximum atomic E-state index is 12.5. The predicted molar refractivity (Wildman–Crippen MR) is 104 cm³/mol. The van der Waals surface area contributed by atoms with Crippen LogP contribution in [0.1, 0.15) is 38.3 Å². The highest BCUT2D eigenvalue weighted by molar-refractivity contribution is 6.21. The molecule has 4 rings (SSSR count). The normalized spacial score (nSPS) is 18.4. The van der Waals surface area contributed by atoms with Gasteiger partial charge in [0.1, 0.15) is 0 Å². The number of carbonyl (C=O) groups is 4. The molecule has 1 fully saturated rings. The van der Waals surface area contributed by atoms with Gasteiger partial charge in [-0.05, 0) is 49.2 Å². The zero-order valence-electron chi connectivity index (χ0n) is 16.2. The van der Waals surface area contributed by atoms with Gasteiger partial charge in [-0.2, -0.15) is 0 Å². The molecule has 0 radical (unpaired) electrons. The van der Waals surface area contributed by atoms with Crippen molar-refractivity contribution in [2.45, 2.75) is 20.3 Å². The van der Waals surface area contributed by atoms with Gasteiger partial charge in [0.2, 0.25) is 5.91 Å². The summed E-state index contributed by atoms with van der Waals surface area (Å²) in [7, 11) is 0. The van der Waals surface area contributed by atoms with Crippen LogP contribution in [0.5, 0.6) is 0 Å². The molecule has 29 heavy (non-hydrogen) atoms. The number of esters is 1. The van der Waals surface area contributed by atoms with Crippen LogP contribution in [0.4, 0.5) is 5.69 Å². The molecule has 0 aromatic heterocycles. The van der Waals surface area contributed by atoms with Crippen LogP contribution in [0, 0.1) is 19.8 Å². The van der Waals surface area contributed by atoms with E-state index < -0.39 is 30.4 Å². The number of anilines is 1. The minimum atomic E-state index is -0.640. The van der Waals surface area contributed by atoms with Gasteiger partial charge in [-0.1, -0.05) is 18.2 Å². The lowest BCUT2D eigenvalue weighted by atomic mass is 10.1. The summed E-state index contributed by atoms with van der Waals surface area (Å²) in [5.41, 5.74) is 3.52. The number of ether oxygens (including phenoxy) is 1. The molecular formula is C22H20N2O5.